The number of carbonyl (C=O) groups is 1. The molecule has 2 atom stereocenters. The van der Waals surface area contributed by atoms with E-state index in [0.29, 0.717) is 17.2 Å². The third-order valence-corrected chi connectivity index (χ3v) is 5.87. The minimum Gasteiger partial charge on any atom is -0.342 e. The Hall–Kier alpha value is -0.570. The lowest BCUT2D eigenvalue weighted by Crippen LogP contribution is -2.52. The zero-order chi connectivity index (χ0) is 13.5. The Labute approximate surface area is 117 Å². The third kappa shape index (κ3) is 2.31. The maximum atomic E-state index is 13.1. The number of carbonyl (C=O) groups excluding carboxylic acids is 1. The van der Waals surface area contributed by atoms with E-state index in [2.05, 4.69) is 24.1 Å². The van der Waals surface area contributed by atoms with Crippen LogP contribution in [0, 0.1) is 16.7 Å². The van der Waals surface area contributed by atoms with Crippen molar-refractivity contribution in [3.8, 4) is 0 Å². The molecule has 2 aliphatic heterocycles. The molecular weight excluding hydrogens is 236 g/mol. The van der Waals surface area contributed by atoms with Gasteiger partial charge < -0.3 is 10.2 Å². The molecule has 108 valence electrons. The highest BCUT2D eigenvalue weighted by Gasteiger charge is 2.51. The molecule has 2 heterocycles. The van der Waals surface area contributed by atoms with Gasteiger partial charge in [-0.15, -0.1) is 0 Å². The Bertz CT molecular complexity index is 356. The van der Waals surface area contributed by atoms with E-state index in [1.807, 2.05) is 0 Å². The predicted octanol–water partition coefficient (Wildman–Crippen LogP) is 2.41. The number of nitrogens with one attached hydrogen (secondary N) is 1. The number of nitrogens with zero attached hydrogens (tertiary/aromatic N) is 1. The standard InChI is InChI=1S/C16H28N2O/c1-15(2)7-9-18(10-8-15)14(19)16-6-4-3-5-13(16)11-17-12-16/h13,17H,3-12H2,1-2H3/t13-,16+/m0/s1. The summed E-state index contributed by atoms with van der Waals surface area (Å²) < 4.78 is 0. The fourth-order valence-electron chi connectivity index (χ4n) is 4.30. The Balaban J connectivity index is 1.72. The van der Waals surface area contributed by atoms with Crippen molar-refractivity contribution in [2.24, 2.45) is 16.7 Å². The number of likely N-dealkylation sites (tertiary alicyclic amines) is 1. The van der Waals surface area contributed by atoms with Crippen LogP contribution in [0.25, 0.3) is 0 Å². The number of rotatable bonds is 1. The minimum atomic E-state index is -0.0419. The summed E-state index contributed by atoms with van der Waals surface area (Å²) in [6, 6.07) is 0. The van der Waals surface area contributed by atoms with Crippen molar-refractivity contribution >= 4 is 5.91 Å². The van der Waals surface area contributed by atoms with Crippen LogP contribution in [0.4, 0.5) is 0 Å². The summed E-state index contributed by atoms with van der Waals surface area (Å²) in [5, 5.41) is 3.49. The number of hydrogen-bond acceptors (Lipinski definition) is 2. The van der Waals surface area contributed by atoms with Gasteiger partial charge in [0, 0.05) is 19.6 Å². The van der Waals surface area contributed by atoms with Crippen molar-refractivity contribution in [1.82, 2.24) is 10.2 Å². The van der Waals surface area contributed by atoms with Crippen LogP contribution in [0.3, 0.4) is 0 Å². The first-order chi connectivity index (χ1) is 9.04. The number of fused-ring (bicyclic) bond motifs is 1. The average Bonchev–Trinajstić information content (AvgIpc) is 2.83. The lowest BCUT2D eigenvalue weighted by molar-refractivity contribution is -0.147. The normalized spacial score (nSPS) is 38.0. The summed E-state index contributed by atoms with van der Waals surface area (Å²) in [4.78, 5) is 15.2. The molecule has 1 amide bonds. The average molecular weight is 264 g/mol. The van der Waals surface area contributed by atoms with E-state index in [-0.39, 0.29) is 5.41 Å². The first kappa shape index (κ1) is 13.4. The smallest absolute Gasteiger partial charge is 0.230 e. The molecule has 0 radical (unpaired) electrons. The molecule has 0 aromatic heterocycles. The monoisotopic (exact) mass is 264 g/mol. The molecule has 0 spiro atoms. The third-order valence-electron chi connectivity index (χ3n) is 5.87. The second kappa shape index (κ2) is 4.76. The fourth-order valence-corrected chi connectivity index (χ4v) is 4.30. The van der Waals surface area contributed by atoms with E-state index in [1.54, 1.807) is 0 Å². The van der Waals surface area contributed by atoms with E-state index in [1.165, 1.54) is 19.3 Å². The van der Waals surface area contributed by atoms with Gasteiger partial charge in [-0.3, -0.25) is 4.79 Å². The van der Waals surface area contributed by atoms with E-state index < -0.39 is 0 Å². The van der Waals surface area contributed by atoms with Crippen molar-refractivity contribution in [2.75, 3.05) is 26.2 Å². The van der Waals surface area contributed by atoms with Gasteiger partial charge in [-0.2, -0.15) is 0 Å². The van der Waals surface area contributed by atoms with Crippen molar-refractivity contribution < 1.29 is 4.79 Å². The summed E-state index contributed by atoms with van der Waals surface area (Å²) in [5.74, 6) is 1.07. The molecule has 19 heavy (non-hydrogen) atoms. The molecule has 1 saturated carbocycles. The largest absolute Gasteiger partial charge is 0.342 e. The van der Waals surface area contributed by atoms with Crippen LogP contribution in [-0.4, -0.2) is 37.0 Å². The lowest BCUT2D eigenvalue weighted by atomic mass is 9.67. The van der Waals surface area contributed by atoms with Crippen LogP contribution in [0.2, 0.25) is 0 Å². The van der Waals surface area contributed by atoms with Crippen LogP contribution in [0.5, 0.6) is 0 Å². The van der Waals surface area contributed by atoms with Gasteiger partial charge in [0.25, 0.3) is 0 Å². The van der Waals surface area contributed by atoms with Gasteiger partial charge in [0.2, 0.25) is 5.91 Å². The fraction of sp³-hybridized carbons (Fsp3) is 0.938. The van der Waals surface area contributed by atoms with Crippen LogP contribution < -0.4 is 5.32 Å². The number of piperidine rings is 1. The summed E-state index contributed by atoms with van der Waals surface area (Å²) >= 11 is 0. The molecule has 3 heteroatoms. The van der Waals surface area contributed by atoms with Crippen molar-refractivity contribution in [3.63, 3.8) is 0 Å². The molecule has 0 bridgehead atoms. The van der Waals surface area contributed by atoms with Gasteiger partial charge in [-0.1, -0.05) is 26.7 Å². The van der Waals surface area contributed by atoms with Crippen LogP contribution in [-0.2, 0) is 4.79 Å². The highest BCUT2D eigenvalue weighted by Crippen LogP contribution is 2.45. The van der Waals surface area contributed by atoms with Gasteiger partial charge in [-0.05, 0) is 43.6 Å². The van der Waals surface area contributed by atoms with Crippen molar-refractivity contribution in [3.05, 3.63) is 0 Å². The second-order valence-corrected chi connectivity index (χ2v) is 7.69. The number of hydrogen-bond donors (Lipinski definition) is 1. The lowest BCUT2D eigenvalue weighted by Gasteiger charge is -2.44. The Kier molecular flexibility index (Phi) is 3.36. The maximum Gasteiger partial charge on any atom is 0.230 e. The zero-order valence-electron chi connectivity index (χ0n) is 12.5. The molecular formula is C16H28N2O. The highest BCUT2D eigenvalue weighted by atomic mass is 16.2. The van der Waals surface area contributed by atoms with Gasteiger partial charge in [0.1, 0.15) is 0 Å². The molecule has 3 rings (SSSR count). The van der Waals surface area contributed by atoms with E-state index in [9.17, 15) is 4.79 Å². The molecule has 3 fully saturated rings. The summed E-state index contributed by atoms with van der Waals surface area (Å²) in [6.07, 6.45) is 7.24. The van der Waals surface area contributed by atoms with Gasteiger partial charge in [-0.25, -0.2) is 0 Å². The molecule has 1 aliphatic carbocycles. The molecule has 0 aromatic rings. The SMILES string of the molecule is CC1(C)CCN(C(=O)[C@@]23CCCC[C@H]2CNC3)CC1. The molecule has 1 N–H and O–H groups in total. The summed E-state index contributed by atoms with van der Waals surface area (Å²) in [6.45, 7) is 8.59. The quantitative estimate of drug-likeness (QED) is 0.789. The molecule has 3 aliphatic rings. The van der Waals surface area contributed by atoms with Crippen molar-refractivity contribution in [2.45, 2.75) is 52.4 Å². The molecule has 0 unspecified atom stereocenters. The van der Waals surface area contributed by atoms with Crippen molar-refractivity contribution in [1.29, 1.82) is 0 Å². The Morgan fingerprint density at radius 1 is 1.16 bits per heavy atom. The minimum absolute atomic E-state index is 0.0419. The highest BCUT2D eigenvalue weighted by molar-refractivity contribution is 5.84. The van der Waals surface area contributed by atoms with E-state index in [4.69, 9.17) is 0 Å². The second-order valence-electron chi connectivity index (χ2n) is 7.69. The molecule has 3 nitrogen and oxygen atoms in total. The summed E-state index contributed by atoms with van der Waals surface area (Å²) in [7, 11) is 0. The van der Waals surface area contributed by atoms with E-state index in [0.717, 1.165) is 45.4 Å². The van der Waals surface area contributed by atoms with Gasteiger partial charge >= 0.3 is 0 Å². The van der Waals surface area contributed by atoms with Gasteiger partial charge in [0.15, 0.2) is 0 Å². The Morgan fingerprint density at radius 2 is 1.89 bits per heavy atom. The zero-order valence-corrected chi connectivity index (χ0v) is 12.5. The molecule has 2 saturated heterocycles. The van der Waals surface area contributed by atoms with E-state index >= 15 is 0 Å². The Morgan fingerprint density at radius 3 is 2.63 bits per heavy atom. The first-order valence-corrected chi connectivity index (χ1v) is 8.04. The predicted molar refractivity (Wildman–Crippen MR) is 76.9 cm³/mol. The first-order valence-electron chi connectivity index (χ1n) is 8.04. The van der Waals surface area contributed by atoms with Gasteiger partial charge in [0.05, 0.1) is 5.41 Å². The maximum absolute atomic E-state index is 13.1. The van der Waals surface area contributed by atoms with Crippen LogP contribution >= 0.6 is 0 Å². The number of amides is 1. The van der Waals surface area contributed by atoms with Crippen LogP contribution in [0.1, 0.15) is 52.4 Å². The summed E-state index contributed by atoms with van der Waals surface area (Å²) in [5.41, 5.74) is 0.383. The molecule has 0 aromatic carbocycles. The topological polar surface area (TPSA) is 32.3 Å². The van der Waals surface area contributed by atoms with Crippen LogP contribution in [0.15, 0.2) is 0 Å².